The van der Waals surface area contributed by atoms with Crippen molar-refractivity contribution in [2.45, 2.75) is 19.9 Å². The Balaban J connectivity index is 2.93. The Labute approximate surface area is 111 Å². The first-order valence-corrected chi connectivity index (χ1v) is 5.71. The quantitative estimate of drug-likeness (QED) is 0.285. The molecule has 0 heterocycles. The lowest BCUT2D eigenvalue weighted by atomic mass is 10.1. The number of benzene rings is 1. The molecule has 7 heteroatoms. The molecule has 1 aromatic rings. The minimum Gasteiger partial charge on any atom is -0.495 e. The van der Waals surface area contributed by atoms with E-state index < -0.39 is 0 Å². The van der Waals surface area contributed by atoms with Gasteiger partial charge in [0.2, 0.25) is 0 Å². The van der Waals surface area contributed by atoms with Crippen molar-refractivity contribution in [1.82, 2.24) is 5.32 Å². The van der Waals surface area contributed by atoms with Crippen LogP contribution < -0.4 is 21.1 Å². The molecule has 19 heavy (non-hydrogen) atoms. The predicted octanol–water partition coefficient (Wildman–Crippen LogP) is 1.32. The molecule has 0 atom stereocenters. The molecular formula is C12H18N4O3. The fourth-order valence-corrected chi connectivity index (χ4v) is 1.43. The highest BCUT2D eigenvalue weighted by atomic mass is 16.5. The van der Waals surface area contributed by atoms with Crippen molar-refractivity contribution in [1.29, 1.82) is 0 Å². The number of urea groups is 1. The van der Waals surface area contributed by atoms with Crippen LogP contribution in [-0.2, 0) is 0 Å². The highest BCUT2D eigenvalue weighted by Gasteiger charge is 2.10. The second kappa shape index (κ2) is 6.48. The lowest BCUT2D eigenvalue weighted by molar-refractivity contribution is 0.250. The minimum absolute atomic E-state index is 0.0300. The number of nitrogens with two attached hydrogens (primary N) is 1. The minimum atomic E-state index is -0.329. The van der Waals surface area contributed by atoms with E-state index in [4.69, 9.17) is 15.7 Å². The van der Waals surface area contributed by atoms with Gasteiger partial charge in [-0.2, -0.15) is 0 Å². The Morgan fingerprint density at radius 3 is 2.68 bits per heavy atom. The number of carbonyl (C=O) groups excluding carboxylic acids is 1. The number of oxime groups is 1. The molecule has 0 aromatic heterocycles. The number of hydrogen-bond donors (Lipinski definition) is 4. The van der Waals surface area contributed by atoms with Gasteiger partial charge in [-0.05, 0) is 32.0 Å². The summed E-state index contributed by atoms with van der Waals surface area (Å²) in [5.74, 6) is 0.388. The smallest absolute Gasteiger partial charge is 0.319 e. The topological polar surface area (TPSA) is 109 Å². The fourth-order valence-electron chi connectivity index (χ4n) is 1.43. The van der Waals surface area contributed by atoms with E-state index >= 15 is 0 Å². The van der Waals surface area contributed by atoms with Gasteiger partial charge in [0, 0.05) is 11.6 Å². The Morgan fingerprint density at radius 2 is 2.16 bits per heavy atom. The standard InChI is InChI=1S/C12H18N4O3/c1-7(2)14-12(17)15-9-5-4-8(11(13)16-18)6-10(9)19-3/h4-7,18H,1-3H3,(H2,13,16)(H2,14,15,17). The second-order valence-corrected chi connectivity index (χ2v) is 4.15. The molecule has 0 fully saturated rings. The summed E-state index contributed by atoms with van der Waals surface area (Å²) in [6.07, 6.45) is 0. The first-order chi connectivity index (χ1) is 8.97. The molecule has 0 spiro atoms. The molecule has 1 aromatic carbocycles. The van der Waals surface area contributed by atoms with E-state index in [2.05, 4.69) is 15.8 Å². The van der Waals surface area contributed by atoms with Crippen molar-refractivity contribution in [2.75, 3.05) is 12.4 Å². The zero-order valence-electron chi connectivity index (χ0n) is 11.1. The summed E-state index contributed by atoms with van der Waals surface area (Å²) in [6, 6.07) is 4.50. The maximum absolute atomic E-state index is 11.6. The molecule has 5 N–H and O–H groups in total. The number of nitrogens with one attached hydrogen (secondary N) is 2. The van der Waals surface area contributed by atoms with E-state index in [0.717, 1.165) is 0 Å². The summed E-state index contributed by atoms with van der Waals surface area (Å²) >= 11 is 0. The van der Waals surface area contributed by atoms with Crippen molar-refractivity contribution in [3.63, 3.8) is 0 Å². The number of methoxy groups -OCH3 is 1. The third kappa shape index (κ3) is 4.06. The molecule has 104 valence electrons. The Morgan fingerprint density at radius 1 is 1.47 bits per heavy atom. The van der Waals surface area contributed by atoms with Crippen LogP contribution in [0.5, 0.6) is 5.75 Å². The average molecular weight is 266 g/mol. The van der Waals surface area contributed by atoms with Crippen LogP contribution in [0.15, 0.2) is 23.4 Å². The molecular weight excluding hydrogens is 248 g/mol. The number of rotatable bonds is 4. The largest absolute Gasteiger partial charge is 0.495 e. The summed E-state index contributed by atoms with van der Waals surface area (Å²) in [6.45, 7) is 3.72. The van der Waals surface area contributed by atoms with Gasteiger partial charge in [-0.25, -0.2) is 4.79 Å². The van der Waals surface area contributed by atoms with E-state index in [1.54, 1.807) is 18.2 Å². The van der Waals surface area contributed by atoms with Gasteiger partial charge in [0.15, 0.2) is 5.84 Å². The van der Waals surface area contributed by atoms with Crippen molar-refractivity contribution < 1.29 is 14.7 Å². The summed E-state index contributed by atoms with van der Waals surface area (Å²) in [7, 11) is 1.47. The van der Waals surface area contributed by atoms with E-state index in [-0.39, 0.29) is 17.9 Å². The van der Waals surface area contributed by atoms with E-state index in [1.165, 1.54) is 7.11 Å². The van der Waals surface area contributed by atoms with Gasteiger partial charge in [0.1, 0.15) is 5.75 Å². The monoisotopic (exact) mass is 266 g/mol. The Kier molecular flexibility index (Phi) is 4.99. The SMILES string of the molecule is COc1cc(/C(N)=N/O)ccc1NC(=O)NC(C)C. The van der Waals surface area contributed by atoms with Crippen molar-refractivity contribution in [2.24, 2.45) is 10.9 Å². The first-order valence-electron chi connectivity index (χ1n) is 5.71. The summed E-state index contributed by atoms with van der Waals surface area (Å²) in [4.78, 5) is 11.6. The Bertz CT molecular complexity index is 486. The average Bonchev–Trinajstić information content (AvgIpc) is 2.37. The number of carbonyl (C=O) groups is 1. The van der Waals surface area contributed by atoms with E-state index in [9.17, 15) is 4.79 Å². The molecule has 0 aliphatic heterocycles. The molecule has 0 bridgehead atoms. The van der Waals surface area contributed by atoms with Crippen LogP contribution in [0.1, 0.15) is 19.4 Å². The first kappa shape index (κ1) is 14.6. The second-order valence-electron chi connectivity index (χ2n) is 4.15. The zero-order valence-corrected chi connectivity index (χ0v) is 11.1. The lowest BCUT2D eigenvalue weighted by Crippen LogP contribution is -2.34. The highest BCUT2D eigenvalue weighted by molar-refractivity contribution is 5.99. The van der Waals surface area contributed by atoms with Gasteiger partial charge in [-0.1, -0.05) is 5.16 Å². The molecule has 0 aliphatic carbocycles. The van der Waals surface area contributed by atoms with Crippen molar-refractivity contribution >= 4 is 17.6 Å². The number of hydrogen-bond acceptors (Lipinski definition) is 4. The van der Waals surface area contributed by atoms with Gasteiger partial charge in [0.05, 0.1) is 12.8 Å². The van der Waals surface area contributed by atoms with Crippen LogP contribution in [-0.4, -0.2) is 30.2 Å². The number of nitrogens with zero attached hydrogens (tertiary/aromatic N) is 1. The van der Waals surface area contributed by atoms with Gasteiger partial charge in [-0.15, -0.1) is 0 Å². The summed E-state index contributed by atoms with van der Waals surface area (Å²) in [5.41, 5.74) is 6.47. The number of ether oxygens (including phenoxy) is 1. The fraction of sp³-hybridized carbons (Fsp3) is 0.333. The molecule has 0 saturated carbocycles. The van der Waals surface area contributed by atoms with Gasteiger partial charge < -0.3 is 26.3 Å². The van der Waals surface area contributed by atoms with Crippen LogP contribution >= 0.6 is 0 Å². The number of amides is 2. The molecule has 0 unspecified atom stereocenters. The van der Waals surface area contributed by atoms with Crippen LogP contribution in [0.3, 0.4) is 0 Å². The van der Waals surface area contributed by atoms with Gasteiger partial charge >= 0.3 is 6.03 Å². The maximum atomic E-state index is 11.6. The number of amidine groups is 1. The summed E-state index contributed by atoms with van der Waals surface area (Å²) in [5, 5.41) is 16.9. The van der Waals surface area contributed by atoms with Crippen LogP contribution in [0, 0.1) is 0 Å². The number of anilines is 1. The maximum Gasteiger partial charge on any atom is 0.319 e. The van der Waals surface area contributed by atoms with E-state index in [1.807, 2.05) is 13.8 Å². The van der Waals surface area contributed by atoms with Crippen LogP contribution in [0.4, 0.5) is 10.5 Å². The van der Waals surface area contributed by atoms with Crippen molar-refractivity contribution in [3.05, 3.63) is 23.8 Å². The lowest BCUT2D eigenvalue weighted by Gasteiger charge is -2.13. The third-order valence-electron chi connectivity index (χ3n) is 2.27. The van der Waals surface area contributed by atoms with Crippen molar-refractivity contribution in [3.8, 4) is 5.75 Å². The zero-order chi connectivity index (χ0) is 14.4. The molecule has 1 rings (SSSR count). The summed E-state index contributed by atoms with van der Waals surface area (Å²) < 4.78 is 5.15. The van der Waals surface area contributed by atoms with Crippen LogP contribution in [0.2, 0.25) is 0 Å². The highest BCUT2D eigenvalue weighted by Crippen LogP contribution is 2.25. The molecule has 0 radical (unpaired) electrons. The molecule has 7 nitrogen and oxygen atoms in total. The van der Waals surface area contributed by atoms with Crippen LogP contribution in [0.25, 0.3) is 0 Å². The molecule has 2 amide bonds. The Hall–Kier alpha value is -2.44. The predicted molar refractivity (Wildman–Crippen MR) is 72.8 cm³/mol. The van der Waals surface area contributed by atoms with Gasteiger partial charge in [0.25, 0.3) is 0 Å². The van der Waals surface area contributed by atoms with E-state index in [0.29, 0.717) is 17.0 Å². The molecule has 0 aliphatic rings. The van der Waals surface area contributed by atoms with Gasteiger partial charge in [-0.3, -0.25) is 0 Å². The molecule has 0 saturated heterocycles. The normalized spacial score (nSPS) is 11.3. The third-order valence-corrected chi connectivity index (χ3v) is 2.27.